The van der Waals surface area contributed by atoms with E-state index < -0.39 is 12.6 Å². The smallest absolute Gasteiger partial charge is 0.311 e. The summed E-state index contributed by atoms with van der Waals surface area (Å²) in [5.41, 5.74) is 0.842. The minimum absolute atomic E-state index is 0.158. The highest BCUT2D eigenvalue weighted by Gasteiger charge is 2.25. The molecule has 0 aromatic carbocycles. The second-order valence-electron chi connectivity index (χ2n) is 3.83. The molecule has 1 rings (SSSR count). The van der Waals surface area contributed by atoms with Crippen LogP contribution in [0.5, 0.6) is 0 Å². The van der Waals surface area contributed by atoms with Crippen LogP contribution in [-0.2, 0) is 6.54 Å². The lowest BCUT2D eigenvalue weighted by molar-refractivity contribution is -0.135. The van der Waals surface area contributed by atoms with Gasteiger partial charge in [-0.25, -0.2) is 0 Å². The molecule has 0 unspecified atom stereocenters. The molecule has 0 atom stereocenters. The van der Waals surface area contributed by atoms with Crippen molar-refractivity contribution < 1.29 is 13.2 Å². The molecular formula is C11H13Br2F3N2. The van der Waals surface area contributed by atoms with Gasteiger partial charge in [0.05, 0.1) is 5.69 Å². The number of nitrogens with zero attached hydrogens (tertiary/aromatic N) is 1. The summed E-state index contributed by atoms with van der Waals surface area (Å²) in [5.74, 6) is 0. The third-order valence-corrected chi connectivity index (χ3v) is 3.36. The van der Waals surface area contributed by atoms with Crippen LogP contribution in [0, 0.1) is 0 Å². The number of alkyl halides is 3. The van der Waals surface area contributed by atoms with Gasteiger partial charge in [0.15, 0.2) is 0 Å². The van der Waals surface area contributed by atoms with E-state index in [4.69, 9.17) is 0 Å². The first-order chi connectivity index (χ1) is 8.38. The van der Waals surface area contributed by atoms with Crippen molar-refractivity contribution in [3.05, 3.63) is 26.9 Å². The fourth-order valence-corrected chi connectivity index (χ4v) is 2.48. The highest BCUT2D eigenvalue weighted by atomic mass is 79.9. The molecule has 1 aromatic rings. The topological polar surface area (TPSA) is 24.9 Å². The molecule has 0 fully saturated rings. The number of hydrogen-bond donors (Lipinski definition) is 1. The predicted octanol–water partition coefficient (Wildman–Crippen LogP) is 4.43. The maximum absolute atomic E-state index is 11.9. The minimum Gasteiger partial charge on any atom is -0.311 e. The van der Waals surface area contributed by atoms with Gasteiger partial charge in [0.1, 0.15) is 0 Å². The van der Waals surface area contributed by atoms with Crippen molar-refractivity contribution in [3.63, 3.8) is 0 Å². The molecule has 1 heterocycles. The van der Waals surface area contributed by atoms with Crippen LogP contribution in [0.25, 0.3) is 0 Å². The number of unbranched alkanes of at least 4 members (excludes halogenated alkanes) is 1. The monoisotopic (exact) mass is 388 g/mol. The van der Waals surface area contributed by atoms with Crippen LogP contribution < -0.4 is 5.32 Å². The van der Waals surface area contributed by atoms with E-state index in [0.717, 1.165) is 14.6 Å². The zero-order chi connectivity index (χ0) is 13.6. The van der Waals surface area contributed by atoms with Gasteiger partial charge in [0.25, 0.3) is 0 Å². The van der Waals surface area contributed by atoms with Crippen molar-refractivity contribution in [1.82, 2.24) is 10.3 Å². The lowest BCUT2D eigenvalue weighted by atomic mass is 10.2. The molecule has 1 aromatic heterocycles. The van der Waals surface area contributed by atoms with Crippen molar-refractivity contribution in [1.29, 1.82) is 0 Å². The average molecular weight is 390 g/mol. The number of nitrogens with one attached hydrogen (secondary N) is 1. The maximum Gasteiger partial charge on any atom is 0.389 e. The molecule has 0 saturated carbocycles. The van der Waals surface area contributed by atoms with Crippen LogP contribution in [0.4, 0.5) is 13.2 Å². The van der Waals surface area contributed by atoms with Gasteiger partial charge in [-0.15, -0.1) is 0 Å². The van der Waals surface area contributed by atoms with Gasteiger partial charge in [-0.3, -0.25) is 4.98 Å². The van der Waals surface area contributed by atoms with E-state index in [2.05, 4.69) is 42.2 Å². The normalized spacial score (nSPS) is 11.8. The quantitative estimate of drug-likeness (QED) is 0.728. The second kappa shape index (κ2) is 7.45. The van der Waals surface area contributed by atoms with Crippen LogP contribution in [0.15, 0.2) is 21.2 Å². The summed E-state index contributed by atoms with van der Waals surface area (Å²) in [6, 6.07) is 1.88. The number of rotatable bonds is 6. The molecule has 7 heteroatoms. The highest BCUT2D eigenvalue weighted by molar-refractivity contribution is 9.11. The lowest BCUT2D eigenvalue weighted by Gasteiger charge is -2.08. The first kappa shape index (κ1) is 15.9. The molecule has 1 N–H and O–H groups in total. The van der Waals surface area contributed by atoms with E-state index in [9.17, 15) is 13.2 Å². The van der Waals surface area contributed by atoms with E-state index >= 15 is 0 Å². The summed E-state index contributed by atoms with van der Waals surface area (Å²) in [6.07, 6.45) is -2.41. The van der Waals surface area contributed by atoms with Gasteiger partial charge in [-0.1, -0.05) is 0 Å². The summed E-state index contributed by atoms with van der Waals surface area (Å²) < 4.78 is 37.4. The third kappa shape index (κ3) is 6.70. The predicted molar refractivity (Wildman–Crippen MR) is 71.2 cm³/mol. The number of aromatic nitrogens is 1. The van der Waals surface area contributed by atoms with E-state index in [1.165, 1.54) is 0 Å². The van der Waals surface area contributed by atoms with Gasteiger partial charge in [-0.05, 0) is 57.3 Å². The number of halogens is 5. The summed E-state index contributed by atoms with van der Waals surface area (Å²) in [7, 11) is 0. The molecule has 18 heavy (non-hydrogen) atoms. The first-order valence-corrected chi connectivity index (χ1v) is 7.04. The molecule has 0 spiro atoms. The zero-order valence-electron chi connectivity index (χ0n) is 9.53. The Hall–Kier alpha value is -0.140. The molecular weight excluding hydrogens is 377 g/mol. The Kier molecular flexibility index (Phi) is 6.59. The number of pyridine rings is 1. The minimum atomic E-state index is -4.05. The van der Waals surface area contributed by atoms with Gasteiger partial charge in [0, 0.05) is 28.1 Å². The largest absolute Gasteiger partial charge is 0.389 e. The molecule has 0 radical (unpaired) electrons. The van der Waals surface area contributed by atoms with Crippen LogP contribution in [-0.4, -0.2) is 17.7 Å². The van der Waals surface area contributed by atoms with E-state index in [1.807, 2.05) is 6.07 Å². The summed E-state index contributed by atoms with van der Waals surface area (Å²) >= 11 is 6.67. The fourth-order valence-electron chi connectivity index (χ4n) is 1.36. The molecule has 102 valence electrons. The lowest BCUT2D eigenvalue weighted by Crippen LogP contribution is -2.17. The van der Waals surface area contributed by atoms with Crippen molar-refractivity contribution in [2.75, 3.05) is 6.54 Å². The van der Waals surface area contributed by atoms with E-state index in [0.29, 0.717) is 19.5 Å². The van der Waals surface area contributed by atoms with Crippen molar-refractivity contribution in [3.8, 4) is 0 Å². The first-order valence-electron chi connectivity index (χ1n) is 5.46. The van der Waals surface area contributed by atoms with Gasteiger partial charge < -0.3 is 5.32 Å². The van der Waals surface area contributed by atoms with Crippen LogP contribution in [0.2, 0.25) is 0 Å². The van der Waals surface area contributed by atoms with E-state index in [-0.39, 0.29) is 6.42 Å². The molecule has 0 bridgehead atoms. The Morgan fingerprint density at radius 2 is 1.94 bits per heavy atom. The Bertz CT molecular complexity index is 383. The Balaban J connectivity index is 2.18. The van der Waals surface area contributed by atoms with Crippen molar-refractivity contribution in [2.45, 2.75) is 32.0 Å². The molecule has 0 saturated heterocycles. The average Bonchev–Trinajstić information content (AvgIpc) is 2.24. The maximum atomic E-state index is 11.9. The molecule has 2 nitrogen and oxygen atoms in total. The van der Waals surface area contributed by atoms with E-state index in [1.54, 1.807) is 6.20 Å². The van der Waals surface area contributed by atoms with Crippen LogP contribution in [0.3, 0.4) is 0 Å². The third-order valence-electron chi connectivity index (χ3n) is 2.24. The standard InChI is InChI=1S/C11H13Br2F3N2/c12-8-5-9(13)10(18-6-8)7-17-4-2-1-3-11(14,15)16/h5-6,17H,1-4,7H2. The van der Waals surface area contributed by atoms with Gasteiger partial charge in [-0.2, -0.15) is 13.2 Å². The Morgan fingerprint density at radius 1 is 1.22 bits per heavy atom. The van der Waals surface area contributed by atoms with Crippen LogP contribution in [0.1, 0.15) is 25.0 Å². The second-order valence-corrected chi connectivity index (χ2v) is 5.60. The SMILES string of the molecule is FC(F)(F)CCCCNCc1ncc(Br)cc1Br. The summed E-state index contributed by atoms with van der Waals surface area (Å²) in [6.45, 7) is 1.10. The highest BCUT2D eigenvalue weighted by Crippen LogP contribution is 2.22. The Labute approximate surface area is 121 Å². The molecule has 0 aliphatic heterocycles. The fraction of sp³-hybridized carbons (Fsp3) is 0.545. The molecule has 0 amide bonds. The van der Waals surface area contributed by atoms with Crippen molar-refractivity contribution >= 4 is 31.9 Å². The van der Waals surface area contributed by atoms with Gasteiger partial charge >= 0.3 is 6.18 Å². The Morgan fingerprint density at radius 3 is 2.56 bits per heavy atom. The molecule has 0 aliphatic carbocycles. The van der Waals surface area contributed by atoms with Crippen molar-refractivity contribution in [2.24, 2.45) is 0 Å². The van der Waals surface area contributed by atoms with Crippen LogP contribution >= 0.6 is 31.9 Å². The summed E-state index contributed by atoms with van der Waals surface area (Å²) in [4.78, 5) is 4.20. The zero-order valence-corrected chi connectivity index (χ0v) is 12.7. The van der Waals surface area contributed by atoms with Gasteiger partial charge in [0.2, 0.25) is 0 Å². The molecule has 0 aliphatic rings. The summed E-state index contributed by atoms with van der Waals surface area (Å²) in [5, 5.41) is 3.07. The number of hydrogen-bond acceptors (Lipinski definition) is 2.